The molecule has 16 nitrogen and oxygen atoms in total. The van der Waals surface area contributed by atoms with Crippen LogP contribution in [0.3, 0.4) is 0 Å². The number of aromatic nitrogens is 10. The second kappa shape index (κ2) is 20.1. The van der Waals surface area contributed by atoms with Gasteiger partial charge in [0.1, 0.15) is 33.2 Å². The smallest absolute Gasteiger partial charge is 0.406 e. The van der Waals surface area contributed by atoms with E-state index in [-0.39, 0.29) is 69.1 Å². The van der Waals surface area contributed by atoms with Crippen molar-refractivity contribution in [1.29, 1.82) is 0 Å². The fourth-order valence-electron chi connectivity index (χ4n) is 4.88. The van der Waals surface area contributed by atoms with Crippen molar-refractivity contribution in [3.63, 3.8) is 0 Å². The van der Waals surface area contributed by atoms with Crippen molar-refractivity contribution in [2.45, 2.75) is 25.1 Å². The van der Waals surface area contributed by atoms with Crippen LogP contribution in [0.5, 0.6) is 11.5 Å². The van der Waals surface area contributed by atoms with E-state index in [1.165, 1.54) is 59.4 Å². The van der Waals surface area contributed by atoms with E-state index in [1.54, 1.807) is 24.4 Å². The van der Waals surface area contributed by atoms with Crippen LogP contribution >= 0.6 is 34.8 Å². The van der Waals surface area contributed by atoms with E-state index in [9.17, 15) is 35.9 Å². The van der Waals surface area contributed by atoms with Crippen LogP contribution in [0.1, 0.15) is 11.1 Å². The third-order valence-electron chi connectivity index (χ3n) is 7.60. The first-order valence-electron chi connectivity index (χ1n) is 17.3. The van der Waals surface area contributed by atoms with E-state index in [4.69, 9.17) is 43.8 Å². The van der Waals surface area contributed by atoms with Gasteiger partial charge in [0.05, 0.1) is 6.54 Å². The first kappa shape index (κ1) is 45.4. The maximum absolute atomic E-state index is 12.3. The maximum Gasteiger partial charge on any atom is 0.573 e. The molecule has 6 aromatic heterocycles. The van der Waals surface area contributed by atoms with Crippen LogP contribution in [0.25, 0.3) is 45.9 Å². The Balaban J connectivity index is 0.000000180. The molecule has 0 saturated carbocycles. The van der Waals surface area contributed by atoms with Gasteiger partial charge in [-0.15, -0.1) is 37.9 Å². The Kier molecular flexibility index (Phi) is 14.5. The molecule has 2 aromatic carbocycles. The Labute approximate surface area is 363 Å². The summed E-state index contributed by atoms with van der Waals surface area (Å²) < 4.78 is 92.1. The Hall–Kier alpha value is -7.17. The quantitative estimate of drug-likeness (QED) is 0.0817. The molecule has 1 N–H and O–H groups in total. The SMILES string of the molecule is ClCc1ccnc(Cl)c1.O=c1ccc(-c2nc(-c3ccc(OC(F)(F)F)cc3)no2)n[nH]1.O=c1ccc(-c2nc(-c3ccc(OC(F)(F)F)cc3)no2)nn1Cc1ccnc(Cl)c1. The third-order valence-corrected chi connectivity index (χ3v) is 8.32. The van der Waals surface area contributed by atoms with E-state index in [0.717, 1.165) is 35.4 Å². The molecule has 324 valence electrons. The number of pyridine rings is 2. The van der Waals surface area contributed by atoms with Crippen molar-refractivity contribution in [2.24, 2.45) is 0 Å². The third kappa shape index (κ3) is 13.7. The van der Waals surface area contributed by atoms with Gasteiger partial charge in [-0.25, -0.2) is 19.7 Å². The fourth-order valence-corrected chi connectivity index (χ4v) is 5.44. The summed E-state index contributed by atoms with van der Waals surface area (Å²) >= 11 is 16.9. The van der Waals surface area contributed by atoms with E-state index >= 15 is 0 Å². The van der Waals surface area contributed by atoms with Gasteiger partial charge in [0.25, 0.3) is 22.9 Å². The normalized spacial score (nSPS) is 11.2. The lowest BCUT2D eigenvalue weighted by Crippen LogP contribution is -2.22. The Bertz CT molecular complexity index is 2870. The number of rotatable bonds is 9. The molecule has 0 radical (unpaired) electrons. The topological polar surface area (TPSA) is 203 Å². The minimum absolute atomic E-state index is 0.0344. The predicted octanol–water partition coefficient (Wildman–Crippen LogP) is 8.81. The number of hydrogen-bond donors (Lipinski definition) is 1. The predicted molar refractivity (Wildman–Crippen MR) is 211 cm³/mol. The molecule has 0 aliphatic carbocycles. The molecule has 8 rings (SSSR count). The molecule has 0 fully saturated rings. The fraction of sp³-hybridized carbons (Fsp3) is 0.105. The molecule has 0 saturated heterocycles. The minimum atomic E-state index is -4.78. The molecule has 6 heterocycles. The summed E-state index contributed by atoms with van der Waals surface area (Å²) in [4.78, 5) is 39.0. The Morgan fingerprint density at radius 3 is 1.59 bits per heavy atom. The average molecular weight is 936 g/mol. The highest BCUT2D eigenvalue weighted by Gasteiger charge is 2.32. The molecule has 8 aromatic rings. The molecular formula is C38H23Cl3F6N10O6. The van der Waals surface area contributed by atoms with Crippen LogP contribution in [0, 0.1) is 0 Å². The van der Waals surface area contributed by atoms with Crippen molar-refractivity contribution in [3.05, 3.63) is 152 Å². The molecule has 0 unspecified atom stereocenters. The van der Waals surface area contributed by atoms with Gasteiger partial charge >= 0.3 is 12.7 Å². The highest BCUT2D eigenvalue weighted by Crippen LogP contribution is 2.28. The van der Waals surface area contributed by atoms with E-state index in [2.05, 4.69) is 55.0 Å². The summed E-state index contributed by atoms with van der Waals surface area (Å²) in [6.07, 6.45) is -6.38. The zero-order valence-corrected chi connectivity index (χ0v) is 33.5. The summed E-state index contributed by atoms with van der Waals surface area (Å²) in [5.41, 5.74) is 2.33. The van der Waals surface area contributed by atoms with Crippen molar-refractivity contribution >= 4 is 34.8 Å². The average Bonchev–Trinajstić information content (AvgIpc) is 3.94. The van der Waals surface area contributed by atoms with Crippen LogP contribution in [-0.2, 0) is 12.4 Å². The van der Waals surface area contributed by atoms with Gasteiger partial charge in [0.15, 0.2) is 0 Å². The monoisotopic (exact) mass is 934 g/mol. The molecule has 0 aliphatic heterocycles. The molecular weight excluding hydrogens is 913 g/mol. The van der Waals surface area contributed by atoms with Crippen LogP contribution in [0.2, 0.25) is 10.3 Å². The van der Waals surface area contributed by atoms with Crippen molar-refractivity contribution in [2.75, 3.05) is 0 Å². The van der Waals surface area contributed by atoms with E-state index in [1.807, 2.05) is 6.07 Å². The minimum Gasteiger partial charge on any atom is -0.406 e. The number of H-pyrrole nitrogens is 1. The van der Waals surface area contributed by atoms with Crippen molar-refractivity contribution in [1.82, 2.24) is 50.2 Å². The number of alkyl halides is 7. The van der Waals surface area contributed by atoms with Gasteiger partial charge in [-0.05, 0) is 96.1 Å². The standard InChI is InChI=1S/C19H11ClF3N5O3.C13H7F3N4O3.C6H5Cl2N/c20-15-9-11(7-8-24-15)10-28-16(29)6-5-14(26-28)18-25-17(27-31-18)12-1-3-13(4-2-12)30-19(21,22)23;14-13(15,16)22-8-3-1-7(2-4-8)11-17-12(23-20-11)9-5-6-10(21)19-18-9;7-4-5-1-2-9-6(8)3-5/h1-9H,10H2;1-6H,(H,19,21);1-3H,4H2. The second-order valence-corrected chi connectivity index (χ2v) is 13.2. The molecule has 25 heteroatoms. The lowest BCUT2D eigenvalue weighted by atomic mass is 10.2. The van der Waals surface area contributed by atoms with Gasteiger partial charge in [0.2, 0.25) is 11.6 Å². The molecule has 63 heavy (non-hydrogen) atoms. The van der Waals surface area contributed by atoms with E-state index in [0.29, 0.717) is 22.2 Å². The Morgan fingerprint density at radius 1 is 0.635 bits per heavy atom. The number of nitrogens with one attached hydrogen (secondary N) is 1. The molecule has 0 amide bonds. The Morgan fingerprint density at radius 2 is 1.13 bits per heavy atom. The first-order valence-corrected chi connectivity index (χ1v) is 18.6. The second-order valence-electron chi connectivity index (χ2n) is 12.1. The van der Waals surface area contributed by atoms with Crippen LogP contribution < -0.4 is 20.6 Å². The van der Waals surface area contributed by atoms with Crippen LogP contribution in [-0.4, -0.2) is 63.0 Å². The summed E-state index contributed by atoms with van der Waals surface area (Å²) in [6, 6.07) is 22.2. The summed E-state index contributed by atoms with van der Waals surface area (Å²) in [6.45, 7) is 0.149. The lowest BCUT2D eigenvalue weighted by Gasteiger charge is -2.08. The first-order chi connectivity index (χ1) is 30.0. The number of hydrogen-bond acceptors (Lipinski definition) is 14. The van der Waals surface area contributed by atoms with Crippen molar-refractivity contribution in [3.8, 4) is 57.4 Å². The summed E-state index contributed by atoms with van der Waals surface area (Å²) in [5.74, 6) is 0.152. The van der Waals surface area contributed by atoms with Gasteiger partial charge in [-0.3, -0.25) is 9.59 Å². The number of ether oxygens (including phenoxy) is 2. The maximum atomic E-state index is 12.3. The molecule has 0 aliphatic rings. The molecule has 0 spiro atoms. The number of halogens is 9. The molecule has 0 bridgehead atoms. The zero-order chi connectivity index (χ0) is 45.1. The van der Waals surface area contributed by atoms with E-state index < -0.39 is 12.7 Å². The van der Waals surface area contributed by atoms with Crippen LogP contribution in [0.4, 0.5) is 26.3 Å². The number of aromatic amines is 1. The van der Waals surface area contributed by atoms with Gasteiger partial charge in [0, 0.05) is 41.5 Å². The lowest BCUT2D eigenvalue weighted by molar-refractivity contribution is -0.275. The summed E-state index contributed by atoms with van der Waals surface area (Å²) in [7, 11) is 0. The van der Waals surface area contributed by atoms with Crippen LogP contribution in [0.15, 0.2) is 128 Å². The number of nitrogens with zero attached hydrogens (tertiary/aromatic N) is 9. The van der Waals surface area contributed by atoms with Gasteiger partial charge in [-0.2, -0.15) is 20.2 Å². The zero-order valence-electron chi connectivity index (χ0n) is 31.2. The summed E-state index contributed by atoms with van der Waals surface area (Å²) in [5, 5.41) is 18.5. The molecule has 0 atom stereocenters. The highest BCUT2D eigenvalue weighted by molar-refractivity contribution is 6.29. The van der Waals surface area contributed by atoms with Crippen molar-refractivity contribution < 1.29 is 44.9 Å². The highest BCUT2D eigenvalue weighted by atomic mass is 35.5. The number of benzene rings is 2. The van der Waals surface area contributed by atoms with Gasteiger partial charge in [-0.1, -0.05) is 33.5 Å². The van der Waals surface area contributed by atoms with Gasteiger partial charge < -0.3 is 18.5 Å². The largest absolute Gasteiger partial charge is 0.573 e.